The molecule has 1 aromatic carbocycles. The molecule has 0 unspecified atom stereocenters. The van der Waals surface area contributed by atoms with Crippen LogP contribution in [-0.2, 0) is 11.2 Å². The van der Waals surface area contributed by atoms with Gasteiger partial charge in [-0.3, -0.25) is 9.89 Å². The SMILES string of the molecule is C=CC(=O)N1CC2(CCN(c3nc4c(c(-c5c(C)ccc6[nH]ncc56)n3)CCCN4)C2)C1. The van der Waals surface area contributed by atoms with E-state index >= 15 is 0 Å². The summed E-state index contributed by atoms with van der Waals surface area (Å²) in [7, 11) is 0. The largest absolute Gasteiger partial charge is 0.370 e. The maximum Gasteiger partial charge on any atom is 0.245 e. The fourth-order valence-electron chi connectivity index (χ4n) is 5.53. The van der Waals surface area contributed by atoms with Crippen molar-refractivity contribution in [3.63, 3.8) is 0 Å². The smallest absolute Gasteiger partial charge is 0.245 e. The van der Waals surface area contributed by atoms with E-state index in [9.17, 15) is 4.79 Å². The zero-order chi connectivity index (χ0) is 21.9. The number of aryl methyl sites for hydroxylation is 1. The van der Waals surface area contributed by atoms with E-state index in [0.717, 1.165) is 85.9 Å². The number of nitrogens with one attached hydrogen (secondary N) is 2. The second-order valence-corrected chi connectivity index (χ2v) is 9.39. The third-order valence-corrected chi connectivity index (χ3v) is 7.22. The predicted molar refractivity (Wildman–Crippen MR) is 125 cm³/mol. The van der Waals surface area contributed by atoms with E-state index in [1.807, 2.05) is 11.1 Å². The lowest BCUT2D eigenvalue weighted by molar-refractivity contribution is -0.136. The molecule has 2 aromatic heterocycles. The van der Waals surface area contributed by atoms with Gasteiger partial charge in [-0.1, -0.05) is 12.6 Å². The van der Waals surface area contributed by atoms with Crippen molar-refractivity contribution in [2.45, 2.75) is 26.2 Å². The van der Waals surface area contributed by atoms with Crippen LogP contribution in [0.4, 0.5) is 11.8 Å². The molecular formula is C24H27N7O. The Labute approximate surface area is 186 Å². The molecule has 3 aliphatic rings. The molecule has 0 bridgehead atoms. The molecule has 0 radical (unpaired) electrons. The van der Waals surface area contributed by atoms with Gasteiger partial charge in [0.25, 0.3) is 0 Å². The van der Waals surface area contributed by atoms with E-state index in [-0.39, 0.29) is 11.3 Å². The Bertz CT molecular complexity index is 1240. The monoisotopic (exact) mass is 429 g/mol. The molecule has 5 heterocycles. The maximum absolute atomic E-state index is 11.9. The van der Waals surface area contributed by atoms with Gasteiger partial charge >= 0.3 is 0 Å². The first-order valence-electron chi connectivity index (χ1n) is 11.3. The molecule has 8 nitrogen and oxygen atoms in total. The first-order valence-corrected chi connectivity index (χ1v) is 11.3. The minimum Gasteiger partial charge on any atom is -0.370 e. The second kappa shape index (κ2) is 7.05. The van der Waals surface area contributed by atoms with Crippen LogP contribution in [0.15, 0.2) is 31.0 Å². The summed E-state index contributed by atoms with van der Waals surface area (Å²) >= 11 is 0. The number of carbonyl (C=O) groups excluding carboxylic acids is 1. The number of carbonyl (C=O) groups is 1. The van der Waals surface area contributed by atoms with Gasteiger partial charge in [0.1, 0.15) is 5.82 Å². The summed E-state index contributed by atoms with van der Waals surface area (Å²) in [6.45, 7) is 10.0. The summed E-state index contributed by atoms with van der Waals surface area (Å²) in [6.07, 6.45) is 6.39. The number of H-pyrrole nitrogens is 1. The van der Waals surface area contributed by atoms with Crippen LogP contribution in [0.2, 0.25) is 0 Å². The third-order valence-electron chi connectivity index (χ3n) is 7.22. The summed E-state index contributed by atoms with van der Waals surface area (Å²) < 4.78 is 0. The van der Waals surface area contributed by atoms with E-state index in [2.05, 4.69) is 46.0 Å². The second-order valence-electron chi connectivity index (χ2n) is 9.39. The average Bonchev–Trinajstić information content (AvgIpc) is 3.44. The van der Waals surface area contributed by atoms with Crippen molar-refractivity contribution in [1.82, 2.24) is 25.1 Å². The molecule has 1 amide bonds. The number of benzene rings is 1. The molecule has 32 heavy (non-hydrogen) atoms. The van der Waals surface area contributed by atoms with E-state index in [1.54, 1.807) is 0 Å². The summed E-state index contributed by atoms with van der Waals surface area (Å²) in [6, 6.07) is 4.20. The highest BCUT2D eigenvalue weighted by Gasteiger charge is 2.49. The highest BCUT2D eigenvalue weighted by molar-refractivity contribution is 5.96. The highest BCUT2D eigenvalue weighted by Crippen LogP contribution is 2.42. The molecule has 2 N–H and O–H groups in total. The van der Waals surface area contributed by atoms with E-state index in [1.165, 1.54) is 17.2 Å². The normalized spacial score (nSPS) is 19.0. The molecule has 2 saturated heterocycles. The molecule has 2 fully saturated rings. The van der Waals surface area contributed by atoms with Crippen LogP contribution in [0.1, 0.15) is 24.0 Å². The average molecular weight is 430 g/mol. The Kier molecular flexibility index (Phi) is 4.25. The van der Waals surface area contributed by atoms with Crippen LogP contribution in [0, 0.1) is 12.3 Å². The first-order chi connectivity index (χ1) is 15.6. The van der Waals surface area contributed by atoms with Crippen LogP contribution in [0.5, 0.6) is 0 Å². The number of aromatic nitrogens is 4. The maximum atomic E-state index is 11.9. The van der Waals surface area contributed by atoms with Crippen molar-refractivity contribution in [1.29, 1.82) is 0 Å². The fourth-order valence-corrected chi connectivity index (χ4v) is 5.53. The summed E-state index contributed by atoms with van der Waals surface area (Å²) in [5.74, 6) is 1.75. The lowest BCUT2D eigenvalue weighted by Crippen LogP contribution is -2.59. The number of rotatable bonds is 3. The van der Waals surface area contributed by atoms with Crippen molar-refractivity contribution < 1.29 is 4.79 Å². The summed E-state index contributed by atoms with van der Waals surface area (Å²) in [4.78, 5) is 26.2. The zero-order valence-corrected chi connectivity index (χ0v) is 18.3. The van der Waals surface area contributed by atoms with Crippen molar-refractivity contribution in [3.8, 4) is 11.3 Å². The van der Waals surface area contributed by atoms with Crippen LogP contribution >= 0.6 is 0 Å². The molecule has 3 aliphatic heterocycles. The molecule has 0 saturated carbocycles. The number of hydrogen-bond acceptors (Lipinski definition) is 6. The molecule has 1 spiro atoms. The van der Waals surface area contributed by atoms with Gasteiger partial charge in [0.2, 0.25) is 11.9 Å². The minimum absolute atomic E-state index is 0.0225. The summed E-state index contributed by atoms with van der Waals surface area (Å²) in [5.41, 5.74) is 5.69. The number of anilines is 2. The predicted octanol–water partition coefficient (Wildman–Crippen LogP) is 2.91. The van der Waals surface area contributed by atoms with E-state index in [4.69, 9.17) is 9.97 Å². The van der Waals surface area contributed by atoms with Gasteiger partial charge in [-0.05, 0) is 43.9 Å². The number of hydrogen-bond donors (Lipinski definition) is 2. The third kappa shape index (κ3) is 2.89. The number of amides is 1. The van der Waals surface area contributed by atoms with Gasteiger partial charge in [0.05, 0.1) is 17.4 Å². The molecule has 6 rings (SSSR count). The zero-order valence-electron chi connectivity index (χ0n) is 18.3. The Morgan fingerprint density at radius 1 is 1.25 bits per heavy atom. The molecule has 8 heteroatoms. The van der Waals surface area contributed by atoms with Crippen LogP contribution in [0.25, 0.3) is 22.2 Å². The molecule has 3 aromatic rings. The van der Waals surface area contributed by atoms with Gasteiger partial charge in [0, 0.05) is 54.7 Å². The molecule has 164 valence electrons. The quantitative estimate of drug-likeness (QED) is 0.623. The van der Waals surface area contributed by atoms with E-state index in [0.29, 0.717) is 0 Å². The minimum atomic E-state index is 0.0225. The van der Waals surface area contributed by atoms with E-state index < -0.39 is 0 Å². The van der Waals surface area contributed by atoms with Gasteiger partial charge < -0.3 is 15.1 Å². The Hall–Kier alpha value is -3.42. The van der Waals surface area contributed by atoms with Gasteiger partial charge in [-0.2, -0.15) is 10.1 Å². The van der Waals surface area contributed by atoms with Crippen LogP contribution in [0.3, 0.4) is 0 Å². The van der Waals surface area contributed by atoms with Crippen molar-refractivity contribution in [2.75, 3.05) is 42.9 Å². The topological polar surface area (TPSA) is 90.0 Å². The number of fused-ring (bicyclic) bond motifs is 2. The Morgan fingerprint density at radius 3 is 2.97 bits per heavy atom. The first kappa shape index (κ1) is 19.3. The highest BCUT2D eigenvalue weighted by atomic mass is 16.2. The van der Waals surface area contributed by atoms with Gasteiger partial charge in [-0.15, -0.1) is 0 Å². The lowest BCUT2D eigenvalue weighted by Gasteiger charge is -2.47. The van der Waals surface area contributed by atoms with Crippen LogP contribution in [-0.4, -0.2) is 63.7 Å². The number of aromatic amines is 1. The van der Waals surface area contributed by atoms with Crippen molar-refractivity contribution in [2.24, 2.45) is 5.41 Å². The molecule has 0 atom stereocenters. The van der Waals surface area contributed by atoms with Crippen molar-refractivity contribution >= 4 is 28.6 Å². The Morgan fingerprint density at radius 2 is 2.12 bits per heavy atom. The standard InChI is InChI=1S/C24H27N7O/c1-3-19(32)31-13-24(14-31)8-10-30(12-24)23-27-21(16-5-4-9-25-22(16)28-23)20-15(2)6-7-18-17(20)11-26-29-18/h3,6-7,11H,1,4-5,8-10,12-14H2,2H3,(H,26,29)(H,25,27,28). The van der Waals surface area contributed by atoms with Gasteiger partial charge in [-0.25, -0.2) is 4.98 Å². The Balaban J connectivity index is 1.39. The van der Waals surface area contributed by atoms with Crippen molar-refractivity contribution in [3.05, 3.63) is 42.1 Å². The fraction of sp³-hybridized carbons (Fsp3) is 0.417. The molecule has 0 aliphatic carbocycles. The summed E-state index contributed by atoms with van der Waals surface area (Å²) in [5, 5.41) is 12.0. The van der Waals surface area contributed by atoms with Crippen LogP contribution < -0.4 is 10.2 Å². The van der Waals surface area contributed by atoms with Gasteiger partial charge in [0.15, 0.2) is 0 Å². The lowest BCUT2D eigenvalue weighted by atomic mass is 9.79. The molecular weight excluding hydrogens is 402 g/mol. The number of likely N-dealkylation sites (tertiary alicyclic amines) is 1. The number of nitrogens with zero attached hydrogens (tertiary/aromatic N) is 5.